The van der Waals surface area contributed by atoms with Gasteiger partial charge in [-0.3, -0.25) is 10.1 Å². The molecular formula is C16H19N3O3S2. The molecule has 1 amide bonds. The second-order valence-corrected chi connectivity index (χ2v) is 7.85. The SMILES string of the molecule is CC(C)Cc1nnc(NC(=O)CSc2ccc3c(c2)OCCO3)s1. The molecule has 2 aromatic rings. The van der Waals surface area contributed by atoms with Crippen molar-refractivity contribution in [2.75, 3.05) is 24.3 Å². The maximum atomic E-state index is 12.1. The molecule has 6 nitrogen and oxygen atoms in total. The number of anilines is 1. The highest BCUT2D eigenvalue weighted by molar-refractivity contribution is 8.00. The highest BCUT2D eigenvalue weighted by Gasteiger charge is 2.13. The number of aromatic nitrogens is 2. The van der Waals surface area contributed by atoms with Crippen LogP contribution in [-0.4, -0.2) is 35.1 Å². The number of thioether (sulfide) groups is 1. The zero-order valence-electron chi connectivity index (χ0n) is 13.6. The molecule has 0 spiro atoms. The minimum Gasteiger partial charge on any atom is -0.486 e. The Balaban J connectivity index is 1.51. The van der Waals surface area contributed by atoms with Gasteiger partial charge in [0.1, 0.15) is 18.2 Å². The van der Waals surface area contributed by atoms with Crippen molar-refractivity contribution in [2.24, 2.45) is 5.92 Å². The summed E-state index contributed by atoms with van der Waals surface area (Å²) in [5, 5.41) is 12.4. The number of ether oxygens (including phenoxy) is 2. The van der Waals surface area contributed by atoms with Crippen LogP contribution < -0.4 is 14.8 Å². The Kier molecular flexibility index (Phi) is 5.57. The van der Waals surface area contributed by atoms with Gasteiger partial charge >= 0.3 is 0 Å². The fraction of sp³-hybridized carbons (Fsp3) is 0.438. The summed E-state index contributed by atoms with van der Waals surface area (Å²) in [4.78, 5) is 13.0. The van der Waals surface area contributed by atoms with Gasteiger partial charge in [-0.25, -0.2) is 0 Å². The molecule has 0 saturated heterocycles. The van der Waals surface area contributed by atoms with Crippen molar-refractivity contribution >= 4 is 34.1 Å². The van der Waals surface area contributed by atoms with Crippen molar-refractivity contribution in [3.63, 3.8) is 0 Å². The van der Waals surface area contributed by atoms with Gasteiger partial charge in [-0.1, -0.05) is 25.2 Å². The fourth-order valence-electron chi connectivity index (χ4n) is 2.15. The van der Waals surface area contributed by atoms with E-state index in [1.165, 1.54) is 23.1 Å². The second-order valence-electron chi connectivity index (χ2n) is 5.74. The number of amides is 1. The number of rotatable bonds is 6. The third kappa shape index (κ3) is 4.61. The summed E-state index contributed by atoms with van der Waals surface area (Å²) in [5.74, 6) is 2.21. The Morgan fingerprint density at radius 3 is 2.88 bits per heavy atom. The summed E-state index contributed by atoms with van der Waals surface area (Å²) in [6.45, 7) is 5.38. The Hall–Kier alpha value is -1.80. The molecule has 8 heteroatoms. The van der Waals surface area contributed by atoms with Crippen LogP contribution in [0.2, 0.25) is 0 Å². The van der Waals surface area contributed by atoms with Crippen LogP contribution in [0, 0.1) is 5.92 Å². The summed E-state index contributed by atoms with van der Waals surface area (Å²) >= 11 is 2.88. The molecule has 0 atom stereocenters. The van der Waals surface area contributed by atoms with E-state index in [2.05, 4.69) is 29.4 Å². The number of hydrogen-bond donors (Lipinski definition) is 1. The molecule has 1 N–H and O–H groups in total. The summed E-state index contributed by atoms with van der Waals surface area (Å²) in [5.41, 5.74) is 0. The normalized spacial score (nSPS) is 13.1. The minimum absolute atomic E-state index is 0.0952. The number of carbonyl (C=O) groups is 1. The third-order valence-corrected chi connectivity index (χ3v) is 5.03. The average Bonchev–Trinajstić information content (AvgIpc) is 2.99. The van der Waals surface area contributed by atoms with Crippen LogP contribution in [0.25, 0.3) is 0 Å². The lowest BCUT2D eigenvalue weighted by molar-refractivity contribution is -0.113. The van der Waals surface area contributed by atoms with Crippen LogP contribution in [-0.2, 0) is 11.2 Å². The first-order chi connectivity index (χ1) is 11.6. The van der Waals surface area contributed by atoms with Crippen molar-refractivity contribution in [3.8, 4) is 11.5 Å². The largest absolute Gasteiger partial charge is 0.486 e. The van der Waals surface area contributed by atoms with E-state index in [4.69, 9.17) is 9.47 Å². The molecule has 1 aromatic carbocycles. The first kappa shape index (κ1) is 17.0. The summed E-state index contributed by atoms with van der Waals surface area (Å²) in [6, 6.07) is 5.70. The lowest BCUT2D eigenvalue weighted by Gasteiger charge is -2.18. The Morgan fingerprint density at radius 1 is 1.29 bits per heavy atom. The van der Waals surface area contributed by atoms with Crippen LogP contribution in [0.15, 0.2) is 23.1 Å². The molecule has 0 aliphatic carbocycles. The zero-order valence-corrected chi connectivity index (χ0v) is 15.2. The molecule has 0 unspecified atom stereocenters. The summed E-state index contributed by atoms with van der Waals surface area (Å²) in [6.07, 6.45) is 0.874. The molecule has 2 heterocycles. The molecular weight excluding hydrogens is 346 g/mol. The molecule has 0 bridgehead atoms. The van der Waals surface area contributed by atoms with Crippen molar-refractivity contribution in [1.29, 1.82) is 0 Å². The van der Waals surface area contributed by atoms with Gasteiger partial charge in [-0.15, -0.1) is 22.0 Å². The van der Waals surface area contributed by atoms with Crippen molar-refractivity contribution in [1.82, 2.24) is 10.2 Å². The van der Waals surface area contributed by atoms with E-state index in [0.29, 0.717) is 30.0 Å². The van der Waals surface area contributed by atoms with Crippen molar-refractivity contribution in [3.05, 3.63) is 23.2 Å². The van der Waals surface area contributed by atoms with E-state index in [1.54, 1.807) is 0 Å². The first-order valence-corrected chi connectivity index (χ1v) is 9.55. The summed E-state index contributed by atoms with van der Waals surface area (Å²) < 4.78 is 11.0. The maximum absolute atomic E-state index is 12.1. The van der Waals surface area contributed by atoms with E-state index < -0.39 is 0 Å². The lowest BCUT2D eigenvalue weighted by atomic mass is 10.1. The number of hydrogen-bond acceptors (Lipinski definition) is 7. The molecule has 3 rings (SSSR count). The number of fused-ring (bicyclic) bond motifs is 1. The van der Waals surface area contributed by atoms with Crippen LogP contribution in [0.3, 0.4) is 0 Å². The average molecular weight is 365 g/mol. The predicted octanol–water partition coefficient (Wildman–Crippen LogP) is 3.24. The number of nitrogens with one attached hydrogen (secondary N) is 1. The monoisotopic (exact) mass is 365 g/mol. The van der Waals surface area contributed by atoms with Gasteiger partial charge in [0.25, 0.3) is 0 Å². The van der Waals surface area contributed by atoms with Crippen LogP contribution >= 0.6 is 23.1 Å². The van der Waals surface area contributed by atoms with E-state index >= 15 is 0 Å². The first-order valence-electron chi connectivity index (χ1n) is 7.75. The number of nitrogens with zero attached hydrogens (tertiary/aromatic N) is 2. The van der Waals surface area contributed by atoms with E-state index in [0.717, 1.165) is 27.8 Å². The van der Waals surface area contributed by atoms with Gasteiger partial charge < -0.3 is 9.47 Å². The van der Waals surface area contributed by atoms with Gasteiger partial charge in [0.05, 0.1) is 5.75 Å². The Labute approximate surface area is 149 Å². The van der Waals surface area contributed by atoms with Crippen LogP contribution in [0.1, 0.15) is 18.9 Å². The van der Waals surface area contributed by atoms with Gasteiger partial charge in [-0.2, -0.15) is 0 Å². The maximum Gasteiger partial charge on any atom is 0.236 e. The molecule has 1 aromatic heterocycles. The standard InChI is InChI=1S/C16H19N3O3S2/c1-10(2)7-15-18-19-16(24-15)17-14(20)9-23-11-3-4-12-13(8-11)22-6-5-21-12/h3-4,8,10H,5-7,9H2,1-2H3,(H,17,19,20). The lowest BCUT2D eigenvalue weighted by Crippen LogP contribution is -2.15. The number of benzene rings is 1. The van der Waals surface area contributed by atoms with Gasteiger partial charge in [0, 0.05) is 11.3 Å². The molecule has 24 heavy (non-hydrogen) atoms. The second kappa shape index (κ2) is 7.85. The van der Waals surface area contributed by atoms with Crippen LogP contribution in [0.4, 0.5) is 5.13 Å². The van der Waals surface area contributed by atoms with Crippen molar-refractivity contribution < 1.29 is 14.3 Å². The molecule has 1 aliphatic rings. The molecule has 1 aliphatic heterocycles. The highest BCUT2D eigenvalue weighted by atomic mass is 32.2. The number of carbonyl (C=O) groups excluding carboxylic acids is 1. The highest BCUT2D eigenvalue weighted by Crippen LogP contribution is 2.34. The fourth-order valence-corrected chi connectivity index (χ4v) is 3.85. The predicted molar refractivity (Wildman–Crippen MR) is 95.2 cm³/mol. The zero-order chi connectivity index (χ0) is 16.9. The molecule has 0 saturated carbocycles. The topological polar surface area (TPSA) is 73.3 Å². The van der Waals surface area contributed by atoms with Crippen LogP contribution in [0.5, 0.6) is 11.5 Å². The van der Waals surface area contributed by atoms with Gasteiger partial charge in [-0.05, 0) is 24.1 Å². The molecule has 128 valence electrons. The van der Waals surface area contributed by atoms with Crippen molar-refractivity contribution in [2.45, 2.75) is 25.2 Å². The summed E-state index contributed by atoms with van der Waals surface area (Å²) in [7, 11) is 0. The molecule has 0 fully saturated rings. The third-order valence-electron chi connectivity index (χ3n) is 3.18. The van der Waals surface area contributed by atoms with E-state index in [-0.39, 0.29) is 5.91 Å². The minimum atomic E-state index is -0.0952. The van der Waals surface area contributed by atoms with Gasteiger partial charge in [0.15, 0.2) is 11.5 Å². The Morgan fingerprint density at radius 2 is 2.08 bits per heavy atom. The van der Waals surface area contributed by atoms with Gasteiger partial charge in [0.2, 0.25) is 11.0 Å². The quantitative estimate of drug-likeness (QED) is 0.792. The smallest absolute Gasteiger partial charge is 0.236 e. The Bertz CT molecular complexity index is 718. The van der Waals surface area contributed by atoms with E-state index in [9.17, 15) is 4.79 Å². The molecule has 0 radical (unpaired) electrons. The van der Waals surface area contributed by atoms with E-state index in [1.807, 2.05) is 18.2 Å².